The lowest BCUT2D eigenvalue weighted by molar-refractivity contribution is -0.193. The molecule has 4 rings (SSSR count). The summed E-state index contributed by atoms with van der Waals surface area (Å²) in [5.74, 6) is -5.87. The molecular weight excluding hydrogens is 942 g/mol. The van der Waals surface area contributed by atoms with Crippen molar-refractivity contribution in [2.45, 2.75) is 78.4 Å². The molecule has 0 aliphatic rings. The topological polar surface area (TPSA) is 192 Å². The fraction of sp³-hybridized carbons (Fsp3) is 0.300. The van der Waals surface area contributed by atoms with Crippen LogP contribution in [-0.4, -0.2) is 68.7 Å². The molecule has 4 aromatic rings. The molecule has 0 bridgehead atoms. The van der Waals surface area contributed by atoms with Gasteiger partial charge in [0.25, 0.3) is 0 Å². The van der Waals surface area contributed by atoms with Crippen molar-refractivity contribution in [2.24, 2.45) is 0 Å². The number of nitrogens with one attached hydrogen (secondary N) is 2. The summed E-state index contributed by atoms with van der Waals surface area (Å²) >= 11 is 7.19. The molecule has 12 nitrogen and oxygen atoms in total. The predicted octanol–water partition coefficient (Wildman–Crippen LogP) is 9.05. The number of carbonyl (C=O) groups is 4. The van der Waals surface area contributed by atoms with Crippen LogP contribution >= 0.6 is 31.9 Å². The Bertz CT molecular complexity index is 1980. The second-order valence-electron chi connectivity index (χ2n) is 12.8. The van der Waals surface area contributed by atoms with Gasteiger partial charge in [-0.05, 0) is 128 Å². The average molecular weight is 983 g/mol. The Morgan fingerprint density at radius 3 is 1.18 bits per heavy atom. The number of carboxylic acids is 4. The fourth-order valence-corrected chi connectivity index (χ4v) is 5.91. The highest BCUT2D eigenvalue weighted by atomic mass is 79.9. The summed E-state index contributed by atoms with van der Waals surface area (Å²) in [6.07, 6.45) is -10.2. The first-order valence-corrected chi connectivity index (χ1v) is 18.9. The van der Waals surface area contributed by atoms with Crippen LogP contribution in [-0.2, 0) is 45.5 Å². The first-order chi connectivity index (χ1) is 27.8. The van der Waals surface area contributed by atoms with Crippen molar-refractivity contribution in [3.63, 3.8) is 0 Å². The molecule has 0 spiro atoms. The molecule has 326 valence electrons. The molecule has 0 fully saturated rings. The molecule has 0 aliphatic carbocycles. The lowest BCUT2D eigenvalue weighted by Crippen LogP contribution is -2.33. The molecule has 0 amide bonds. The summed E-state index contributed by atoms with van der Waals surface area (Å²) in [5.41, 5.74) is 8.57. The average Bonchev–Trinajstić information content (AvgIpc) is 3.16. The van der Waals surface area contributed by atoms with Gasteiger partial charge in [0, 0.05) is 13.1 Å². The number of hydrogen-bond acceptors (Lipinski definition) is 8. The van der Waals surface area contributed by atoms with E-state index in [1.807, 2.05) is 48.5 Å². The molecule has 2 atom stereocenters. The quantitative estimate of drug-likeness (QED) is 0.0621. The Morgan fingerprint density at radius 1 is 0.600 bits per heavy atom. The Kier molecular flexibility index (Phi) is 19.5. The van der Waals surface area contributed by atoms with Crippen LogP contribution in [0.4, 0.5) is 26.3 Å². The van der Waals surface area contributed by atoms with Crippen molar-refractivity contribution in [3.8, 4) is 22.6 Å². The van der Waals surface area contributed by atoms with Crippen molar-refractivity contribution in [2.75, 3.05) is 0 Å². The fourth-order valence-electron chi connectivity index (χ4n) is 4.83. The molecule has 6 N–H and O–H groups in total. The molecule has 0 radical (unpaired) electrons. The van der Waals surface area contributed by atoms with Crippen LogP contribution in [0.2, 0.25) is 0 Å². The van der Waals surface area contributed by atoms with Gasteiger partial charge >= 0.3 is 36.2 Å². The first kappa shape index (κ1) is 51.0. The molecule has 60 heavy (non-hydrogen) atoms. The van der Waals surface area contributed by atoms with Crippen molar-refractivity contribution in [1.82, 2.24) is 10.6 Å². The van der Waals surface area contributed by atoms with Crippen LogP contribution in [0, 0.1) is 13.8 Å². The molecule has 4 aromatic carbocycles. The zero-order chi connectivity index (χ0) is 45.5. The summed E-state index contributed by atoms with van der Waals surface area (Å²) in [6.45, 7) is 9.10. The van der Waals surface area contributed by atoms with Crippen molar-refractivity contribution >= 4 is 55.7 Å². The van der Waals surface area contributed by atoms with Gasteiger partial charge in [0.1, 0.15) is 36.8 Å². The minimum atomic E-state index is -5.08. The third-order valence-electron chi connectivity index (χ3n) is 8.39. The van der Waals surface area contributed by atoms with Gasteiger partial charge < -0.3 is 40.5 Å². The molecular formula is C40H40Br2F6N2O10. The third-order valence-corrected chi connectivity index (χ3v) is 9.63. The maximum Gasteiger partial charge on any atom is 0.490 e. The summed E-state index contributed by atoms with van der Waals surface area (Å²) < 4.78 is 77.5. The Balaban J connectivity index is 0.000000758. The largest absolute Gasteiger partial charge is 0.490 e. The van der Waals surface area contributed by atoms with Crippen molar-refractivity contribution in [3.05, 3.63) is 115 Å². The monoisotopic (exact) mass is 980 g/mol. The van der Waals surface area contributed by atoms with Crippen LogP contribution in [0.5, 0.6) is 11.5 Å². The molecule has 2 unspecified atom stereocenters. The SMILES string of the molecule is Cc1c(COc2ccc(CNC(C)C(=O)O)cc2Br)cccc1-c1cccc(COc2ccc(CNC(C)C(=O)O)cc2Br)c1C.O=C(O)C(F)(F)F.O=C(O)C(F)(F)F. The number of ether oxygens (including phenoxy) is 2. The van der Waals surface area contributed by atoms with Gasteiger partial charge in [0.2, 0.25) is 0 Å². The second kappa shape index (κ2) is 23.0. The van der Waals surface area contributed by atoms with Gasteiger partial charge in [-0.15, -0.1) is 0 Å². The second-order valence-corrected chi connectivity index (χ2v) is 14.5. The van der Waals surface area contributed by atoms with E-state index in [0.717, 1.165) is 53.5 Å². The maximum absolute atomic E-state index is 11.1. The van der Waals surface area contributed by atoms with E-state index in [1.165, 1.54) is 0 Å². The highest BCUT2D eigenvalue weighted by Crippen LogP contribution is 2.33. The first-order valence-electron chi connectivity index (χ1n) is 17.4. The number of benzene rings is 4. The Hall–Kier alpha value is -5.18. The maximum atomic E-state index is 11.1. The van der Waals surface area contributed by atoms with Gasteiger partial charge in [-0.25, -0.2) is 9.59 Å². The van der Waals surface area contributed by atoms with Gasteiger partial charge in [-0.3, -0.25) is 9.59 Å². The molecule has 0 saturated heterocycles. The zero-order valence-corrected chi connectivity index (χ0v) is 35.3. The van der Waals surface area contributed by atoms with E-state index in [1.54, 1.807) is 13.8 Å². The van der Waals surface area contributed by atoms with E-state index >= 15 is 0 Å². The smallest absolute Gasteiger partial charge is 0.488 e. The van der Waals surface area contributed by atoms with Crippen LogP contribution in [0.1, 0.15) is 47.2 Å². The number of rotatable bonds is 15. The highest BCUT2D eigenvalue weighted by Gasteiger charge is 2.39. The minimum absolute atomic E-state index is 0.391. The van der Waals surface area contributed by atoms with Gasteiger partial charge in [0.05, 0.1) is 8.95 Å². The normalized spacial score (nSPS) is 12.1. The Labute approximate surface area is 356 Å². The molecule has 0 aromatic heterocycles. The van der Waals surface area contributed by atoms with Crippen LogP contribution < -0.4 is 20.1 Å². The highest BCUT2D eigenvalue weighted by molar-refractivity contribution is 9.11. The van der Waals surface area contributed by atoms with E-state index in [2.05, 4.69) is 80.6 Å². The lowest BCUT2D eigenvalue weighted by atomic mass is 9.92. The number of halogens is 8. The number of carboxylic acid groups (broad SMARTS) is 4. The van der Waals surface area contributed by atoms with Crippen LogP contribution in [0.15, 0.2) is 81.7 Å². The molecule has 0 heterocycles. The van der Waals surface area contributed by atoms with E-state index in [9.17, 15) is 35.9 Å². The minimum Gasteiger partial charge on any atom is -0.488 e. The summed E-state index contributed by atoms with van der Waals surface area (Å²) in [5, 5.41) is 38.4. The summed E-state index contributed by atoms with van der Waals surface area (Å²) in [4.78, 5) is 39.9. The molecule has 0 aliphatic heterocycles. The van der Waals surface area contributed by atoms with Gasteiger partial charge in [0.15, 0.2) is 0 Å². The molecule has 0 saturated carbocycles. The van der Waals surface area contributed by atoms with E-state index in [0.29, 0.717) is 37.8 Å². The number of alkyl halides is 6. The third kappa shape index (κ3) is 16.5. The predicted molar refractivity (Wildman–Crippen MR) is 214 cm³/mol. The van der Waals surface area contributed by atoms with Gasteiger partial charge in [-0.1, -0.05) is 48.5 Å². The van der Waals surface area contributed by atoms with E-state index < -0.39 is 48.3 Å². The number of aliphatic carboxylic acids is 4. The van der Waals surface area contributed by atoms with E-state index in [-0.39, 0.29) is 0 Å². The zero-order valence-electron chi connectivity index (χ0n) is 32.2. The van der Waals surface area contributed by atoms with E-state index in [4.69, 9.17) is 39.5 Å². The van der Waals surface area contributed by atoms with Crippen LogP contribution in [0.25, 0.3) is 11.1 Å². The summed E-state index contributed by atoms with van der Waals surface area (Å²) in [7, 11) is 0. The van der Waals surface area contributed by atoms with Crippen molar-refractivity contribution < 1.29 is 75.4 Å². The molecule has 20 heteroatoms. The number of hydrogen-bond donors (Lipinski definition) is 6. The lowest BCUT2D eigenvalue weighted by Gasteiger charge is -2.17. The van der Waals surface area contributed by atoms with Gasteiger partial charge in [-0.2, -0.15) is 26.3 Å². The standard InChI is InChI=1S/C36H38Br2N2O6.2C2HF3O2/c1-21-27(19-45-33-13-11-25(15-31(33)37)17-39-23(3)35(41)42)7-5-9-29(21)30-10-6-8-28(22(30)2)20-46-34-14-12-26(16-32(34)38)18-40-24(4)36(43)44;2*3-2(4,5)1(6)7/h5-16,23-24,39-40H,17-20H2,1-4H3,(H,41,42)(H,43,44);2*(H,6,7). The Morgan fingerprint density at radius 2 is 0.917 bits per heavy atom. The van der Waals surface area contributed by atoms with Crippen molar-refractivity contribution in [1.29, 1.82) is 0 Å². The summed E-state index contributed by atoms with van der Waals surface area (Å²) in [6, 6.07) is 22.7. The van der Waals surface area contributed by atoms with Crippen LogP contribution in [0.3, 0.4) is 0 Å².